The normalized spacial score (nSPS) is 46.6. The summed E-state index contributed by atoms with van der Waals surface area (Å²) < 4.78 is 0. The smallest absolute Gasteiger partial charge is 0.00192 e. The summed E-state index contributed by atoms with van der Waals surface area (Å²) in [5, 5.41) is 0. The summed E-state index contributed by atoms with van der Waals surface area (Å²) in [6.45, 7) is 8.66. The Morgan fingerprint density at radius 1 is 1.67 bits per heavy atom. The topological polar surface area (TPSA) is 0 Å². The first-order valence-corrected chi connectivity index (χ1v) is 3.85. The Balaban J connectivity index is 2.04. The van der Waals surface area contributed by atoms with E-state index in [4.69, 9.17) is 0 Å². The lowest BCUT2D eigenvalue weighted by atomic mass is 10.1. The van der Waals surface area contributed by atoms with Crippen LogP contribution >= 0.6 is 0 Å². The maximum atomic E-state index is 4.01. The zero-order valence-corrected chi connectivity index (χ0v) is 6.28. The van der Waals surface area contributed by atoms with Crippen molar-refractivity contribution in [3.8, 4) is 0 Å². The molecule has 0 amide bonds. The first kappa shape index (κ1) is 5.52. The third kappa shape index (κ3) is 0.540. The molecule has 0 aromatic carbocycles. The standard InChI is InChI=1S/C9H14/c1-6(2)8-5-9(8)4-7(9)3/h6,8H,3-5H2,1-2H3. The van der Waals surface area contributed by atoms with Crippen LogP contribution in [-0.2, 0) is 0 Å². The van der Waals surface area contributed by atoms with Gasteiger partial charge in [0.25, 0.3) is 0 Å². The second-order valence-corrected chi connectivity index (χ2v) is 3.99. The Bertz CT molecular complexity index is 167. The summed E-state index contributed by atoms with van der Waals surface area (Å²) in [4.78, 5) is 0. The van der Waals surface area contributed by atoms with Gasteiger partial charge in [-0.25, -0.2) is 0 Å². The zero-order chi connectivity index (χ0) is 6.65. The highest BCUT2D eigenvalue weighted by Gasteiger charge is 2.66. The van der Waals surface area contributed by atoms with Gasteiger partial charge >= 0.3 is 0 Å². The molecule has 0 aromatic heterocycles. The maximum Gasteiger partial charge on any atom is -0.00192 e. The van der Waals surface area contributed by atoms with Crippen LogP contribution in [-0.4, -0.2) is 0 Å². The van der Waals surface area contributed by atoms with Crippen LogP contribution in [0.1, 0.15) is 26.7 Å². The van der Waals surface area contributed by atoms with E-state index < -0.39 is 0 Å². The minimum atomic E-state index is 0.703. The lowest BCUT2D eigenvalue weighted by molar-refractivity contribution is 0.520. The van der Waals surface area contributed by atoms with E-state index >= 15 is 0 Å². The first-order valence-electron chi connectivity index (χ1n) is 3.85. The van der Waals surface area contributed by atoms with E-state index in [1.807, 2.05) is 0 Å². The van der Waals surface area contributed by atoms with Gasteiger partial charge in [0, 0.05) is 0 Å². The van der Waals surface area contributed by atoms with E-state index in [-0.39, 0.29) is 0 Å². The fourth-order valence-electron chi connectivity index (χ4n) is 2.15. The molecule has 2 saturated carbocycles. The second-order valence-electron chi connectivity index (χ2n) is 3.99. The van der Waals surface area contributed by atoms with Crippen molar-refractivity contribution in [2.75, 3.05) is 0 Å². The van der Waals surface area contributed by atoms with Gasteiger partial charge in [-0.15, -0.1) is 0 Å². The van der Waals surface area contributed by atoms with E-state index in [0.29, 0.717) is 5.41 Å². The van der Waals surface area contributed by atoms with Crippen LogP contribution in [0.5, 0.6) is 0 Å². The second kappa shape index (κ2) is 1.25. The van der Waals surface area contributed by atoms with Crippen LogP contribution in [0.3, 0.4) is 0 Å². The van der Waals surface area contributed by atoms with Gasteiger partial charge in [-0.2, -0.15) is 0 Å². The molecule has 0 bridgehead atoms. The monoisotopic (exact) mass is 122 g/mol. The molecule has 2 rings (SSSR count). The Labute approximate surface area is 57.0 Å². The first-order chi connectivity index (χ1) is 4.17. The maximum absolute atomic E-state index is 4.01. The van der Waals surface area contributed by atoms with Crippen molar-refractivity contribution in [2.24, 2.45) is 17.3 Å². The molecule has 0 N–H and O–H groups in total. The number of hydrogen-bond donors (Lipinski definition) is 0. The van der Waals surface area contributed by atoms with E-state index in [1.165, 1.54) is 18.4 Å². The lowest BCUT2D eigenvalue weighted by Crippen LogP contribution is -1.91. The van der Waals surface area contributed by atoms with Crippen molar-refractivity contribution in [1.29, 1.82) is 0 Å². The Morgan fingerprint density at radius 2 is 2.22 bits per heavy atom. The summed E-state index contributed by atoms with van der Waals surface area (Å²) in [5.41, 5.74) is 2.23. The fourth-order valence-corrected chi connectivity index (χ4v) is 2.15. The SMILES string of the molecule is C=C1CC12CC2C(C)C. The molecule has 0 radical (unpaired) electrons. The van der Waals surface area contributed by atoms with Crippen molar-refractivity contribution < 1.29 is 0 Å². The van der Waals surface area contributed by atoms with E-state index in [1.54, 1.807) is 0 Å². The summed E-state index contributed by atoms with van der Waals surface area (Å²) in [6, 6.07) is 0. The molecule has 0 heterocycles. The quantitative estimate of drug-likeness (QED) is 0.469. The third-order valence-electron chi connectivity index (χ3n) is 3.05. The van der Waals surface area contributed by atoms with Crippen molar-refractivity contribution >= 4 is 0 Å². The van der Waals surface area contributed by atoms with Crippen LogP contribution in [0.4, 0.5) is 0 Å². The Morgan fingerprint density at radius 3 is 2.33 bits per heavy atom. The van der Waals surface area contributed by atoms with Gasteiger partial charge in [-0.1, -0.05) is 26.0 Å². The van der Waals surface area contributed by atoms with Crippen LogP contribution in [0.25, 0.3) is 0 Å². The third-order valence-corrected chi connectivity index (χ3v) is 3.05. The number of allylic oxidation sites excluding steroid dienone is 1. The van der Waals surface area contributed by atoms with Crippen LogP contribution < -0.4 is 0 Å². The van der Waals surface area contributed by atoms with Gasteiger partial charge in [-0.05, 0) is 30.1 Å². The molecule has 9 heavy (non-hydrogen) atoms. The van der Waals surface area contributed by atoms with Crippen molar-refractivity contribution in [2.45, 2.75) is 26.7 Å². The van der Waals surface area contributed by atoms with Crippen molar-refractivity contribution in [3.05, 3.63) is 12.2 Å². The summed E-state index contributed by atoms with van der Waals surface area (Å²) in [7, 11) is 0. The minimum Gasteiger partial charge on any atom is -0.0992 e. The van der Waals surface area contributed by atoms with Gasteiger partial charge in [0.15, 0.2) is 0 Å². The predicted molar refractivity (Wildman–Crippen MR) is 39.1 cm³/mol. The zero-order valence-electron chi connectivity index (χ0n) is 6.28. The largest absolute Gasteiger partial charge is 0.0992 e. The van der Waals surface area contributed by atoms with Crippen LogP contribution in [0, 0.1) is 17.3 Å². The molecule has 0 aromatic rings. The van der Waals surface area contributed by atoms with Gasteiger partial charge in [0.2, 0.25) is 0 Å². The fraction of sp³-hybridized carbons (Fsp3) is 0.778. The highest BCUT2D eigenvalue weighted by atomic mass is 14.7. The van der Waals surface area contributed by atoms with Crippen LogP contribution in [0.2, 0.25) is 0 Å². The molecule has 2 atom stereocenters. The van der Waals surface area contributed by atoms with Crippen LogP contribution in [0.15, 0.2) is 12.2 Å². The highest BCUT2D eigenvalue weighted by molar-refractivity contribution is 5.39. The molecule has 0 aliphatic heterocycles. The predicted octanol–water partition coefficient (Wildman–Crippen LogP) is 2.61. The summed E-state index contributed by atoms with van der Waals surface area (Å²) >= 11 is 0. The van der Waals surface area contributed by atoms with Gasteiger partial charge in [-0.3, -0.25) is 0 Å². The molecular weight excluding hydrogens is 108 g/mol. The average Bonchev–Trinajstić information content (AvgIpc) is 2.54. The number of rotatable bonds is 1. The molecule has 2 aliphatic carbocycles. The van der Waals surface area contributed by atoms with Gasteiger partial charge in [0.1, 0.15) is 0 Å². The Hall–Kier alpha value is -0.260. The lowest BCUT2D eigenvalue weighted by Gasteiger charge is -1.98. The van der Waals surface area contributed by atoms with E-state index in [9.17, 15) is 0 Å². The highest BCUT2D eigenvalue weighted by Crippen LogP contribution is 2.75. The van der Waals surface area contributed by atoms with Crippen molar-refractivity contribution in [3.63, 3.8) is 0 Å². The summed E-state index contributed by atoms with van der Waals surface area (Å²) in [6.07, 6.45) is 2.79. The molecule has 2 unspecified atom stereocenters. The molecule has 1 spiro atoms. The number of hydrogen-bond acceptors (Lipinski definition) is 0. The molecule has 50 valence electrons. The van der Waals surface area contributed by atoms with E-state index in [0.717, 1.165) is 11.8 Å². The minimum absolute atomic E-state index is 0.703. The average molecular weight is 122 g/mol. The van der Waals surface area contributed by atoms with Gasteiger partial charge in [0.05, 0.1) is 0 Å². The summed E-state index contributed by atoms with van der Waals surface area (Å²) in [5.74, 6) is 1.90. The molecule has 0 heteroatoms. The molecule has 2 aliphatic rings. The Kier molecular flexibility index (Phi) is 0.769. The molecule has 0 nitrogen and oxygen atoms in total. The molecule has 2 fully saturated rings. The molecule has 0 saturated heterocycles. The molecular formula is C9H14. The van der Waals surface area contributed by atoms with Crippen molar-refractivity contribution in [1.82, 2.24) is 0 Å². The van der Waals surface area contributed by atoms with E-state index in [2.05, 4.69) is 20.4 Å². The van der Waals surface area contributed by atoms with Gasteiger partial charge < -0.3 is 0 Å².